The molecular weight excluding hydrogens is 620 g/mol. The molecule has 1 aromatic heterocycles. The second-order valence-corrected chi connectivity index (χ2v) is 13.6. The number of benzene rings is 4. The van der Waals surface area contributed by atoms with Gasteiger partial charge in [-0.2, -0.15) is 0 Å². The third-order valence-corrected chi connectivity index (χ3v) is 9.47. The van der Waals surface area contributed by atoms with Crippen molar-refractivity contribution in [1.82, 2.24) is 9.56 Å². The second-order valence-electron chi connectivity index (χ2n) is 13.6. The Morgan fingerprint density at radius 3 is 2.20 bits per heavy atom. The molecule has 2 N–H and O–H groups in total. The summed E-state index contributed by atoms with van der Waals surface area (Å²) < 4.78 is 8.55. The number of aromatic carboxylic acids is 1. The molecule has 0 saturated carbocycles. The molecule has 7 heteroatoms. The largest absolute Gasteiger partial charge is 0.478 e. The molecule has 0 amide bonds. The molecule has 3 heterocycles. The highest BCUT2D eigenvalue weighted by molar-refractivity contribution is 6.08. The zero-order valence-electron chi connectivity index (χ0n) is 29.8. The molecule has 0 atom stereocenters. The average Bonchev–Trinajstić information content (AvgIpc) is 3.60. The van der Waals surface area contributed by atoms with Gasteiger partial charge in [0.2, 0.25) is 5.36 Å². The Bertz CT molecular complexity index is 2480. The van der Waals surface area contributed by atoms with E-state index in [9.17, 15) is 9.90 Å². The number of aliphatic imine (C=N–C) groups is 1. The lowest BCUT2D eigenvalue weighted by molar-refractivity contribution is 0.0697. The van der Waals surface area contributed by atoms with Crippen molar-refractivity contribution in [2.75, 3.05) is 33.1 Å². The Balaban J connectivity index is 1.42. The van der Waals surface area contributed by atoms with E-state index in [2.05, 4.69) is 62.2 Å². The van der Waals surface area contributed by atoms with Crippen LogP contribution in [0.2, 0.25) is 0 Å². The van der Waals surface area contributed by atoms with Gasteiger partial charge < -0.3 is 19.4 Å². The van der Waals surface area contributed by atoms with E-state index in [-0.39, 0.29) is 5.56 Å². The normalized spacial score (nSPS) is 13.8. The van der Waals surface area contributed by atoms with Crippen molar-refractivity contribution >= 4 is 33.9 Å². The first-order valence-electron chi connectivity index (χ1n) is 16.7. The summed E-state index contributed by atoms with van der Waals surface area (Å²) in [6, 6.07) is 28.4. The van der Waals surface area contributed by atoms with Gasteiger partial charge in [0.15, 0.2) is 0 Å². The Kier molecular flexibility index (Phi) is 8.14. The first-order chi connectivity index (χ1) is 23.9. The van der Waals surface area contributed by atoms with E-state index in [0.717, 1.165) is 78.2 Å². The number of hydrogen-bond acceptors (Lipinski definition) is 4. The standard InChI is InChI=1S/C43H40N4O3/c1-24-19-26(3)44-41(24)39(42-25(2)20-27(4)45-42)29-11-9-28(10-12-29)30-13-16-33(43(48)49)36(21-30)40-34-17-14-31(46(5)6)22-37(34)50-38-23-32(47(7)8)15-18-35(38)40/h9-23H,1-8H3,(H-,44,45,48,49)/p+1. The molecule has 2 aliphatic heterocycles. The molecule has 0 saturated heterocycles. The predicted molar refractivity (Wildman–Crippen MR) is 205 cm³/mol. The van der Waals surface area contributed by atoms with Gasteiger partial charge in [-0.1, -0.05) is 30.3 Å². The molecule has 1 aliphatic carbocycles. The summed E-state index contributed by atoms with van der Waals surface area (Å²) in [7, 11) is 7.96. The number of carbonyl (C=O) groups is 1. The van der Waals surface area contributed by atoms with Crippen LogP contribution >= 0.6 is 0 Å². The number of carboxylic acids is 1. The molecule has 7 nitrogen and oxygen atoms in total. The molecule has 0 radical (unpaired) electrons. The maximum atomic E-state index is 12.8. The summed E-state index contributed by atoms with van der Waals surface area (Å²) in [6.45, 7) is 8.32. The number of H-pyrrole nitrogens is 1. The van der Waals surface area contributed by atoms with Gasteiger partial charge in [0.05, 0.1) is 23.0 Å². The lowest BCUT2D eigenvalue weighted by Gasteiger charge is -2.19. The zero-order valence-corrected chi connectivity index (χ0v) is 29.8. The van der Waals surface area contributed by atoms with Crippen LogP contribution in [0, 0.1) is 13.8 Å². The fraction of sp³-hybridized carbons (Fsp3) is 0.186. The molecular formula is C43H41N4O3+. The number of aromatic amines is 1. The van der Waals surface area contributed by atoms with Crippen molar-refractivity contribution in [2.45, 2.75) is 27.7 Å². The number of rotatable bonds is 6. The van der Waals surface area contributed by atoms with Crippen molar-refractivity contribution in [3.8, 4) is 33.6 Å². The summed E-state index contributed by atoms with van der Waals surface area (Å²) >= 11 is 0. The Morgan fingerprint density at radius 1 is 0.840 bits per heavy atom. The first-order valence-corrected chi connectivity index (χ1v) is 16.7. The van der Waals surface area contributed by atoms with Gasteiger partial charge in [0.1, 0.15) is 25.4 Å². The van der Waals surface area contributed by atoms with E-state index < -0.39 is 5.97 Å². The molecule has 250 valence electrons. The number of hydrogen-bond donors (Lipinski definition) is 2. The molecule has 4 aromatic rings. The van der Waals surface area contributed by atoms with Crippen LogP contribution in [0.5, 0.6) is 0 Å². The van der Waals surface area contributed by atoms with Gasteiger partial charge in [-0.15, -0.1) is 0 Å². The lowest BCUT2D eigenvalue weighted by Crippen LogP contribution is -2.21. The topological polar surface area (TPSA) is 84.8 Å². The molecule has 50 heavy (non-hydrogen) atoms. The minimum absolute atomic E-state index is 0.230. The Labute approximate surface area is 292 Å². The second kappa shape index (κ2) is 12.5. The minimum Gasteiger partial charge on any atom is -0.478 e. The zero-order chi connectivity index (χ0) is 35.4. The van der Waals surface area contributed by atoms with Crippen molar-refractivity contribution < 1.29 is 14.3 Å². The van der Waals surface area contributed by atoms with Crippen LogP contribution in [0.15, 0.2) is 112 Å². The van der Waals surface area contributed by atoms with Crippen molar-refractivity contribution in [3.63, 3.8) is 0 Å². The third kappa shape index (κ3) is 5.75. The van der Waals surface area contributed by atoms with Crippen molar-refractivity contribution in [1.29, 1.82) is 0 Å². The van der Waals surface area contributed by atoms with Gasteiger partial charge in [0, 0.05) is 65.4 Å². The van der Waals surface area contributed by atoms with Crippen LogP contribution < -0.4 is 14.8 Å². The van der Waals surface area contributed by atoms with E-state index in [0.29, 0.717) is 16.9 Å². The maximum absolute atomic E-state index is 12.8. The maximum Gasteiger partial charge on any atom is 0.336 e. The van der Waals surface area contributed by atoms with Gasteiger partial charge in [-0.05, 0) is 104 Å². The fourth-order valence-corrected chi connectivity index (χ4v) is 6.98. The van der Waals surface area contributed by atoms with E-state index >= 15 is 0 Å². The number of carboxylic acid groups (broad SMARTS) is 1. The number of anilines is 1. The van der Waals surface area contributed by atoms with Gasteiger partial charge in [-0.3, -0.25) is 4.99 Å². The number of nitrogens with zero attached hydrogens (tertiary/aromatic N) is 3. The summed E-state index contributed by atoms with van der Waals surface area (Å²) in [6.07, 6.45) is 2.12. The van der Waals surface area contributed by atoms with Crippen LogP contribution in [0.1, 0.15) is 46.7 Å². The van der Waals surface area contributed by atoms with E-state index in [1.54, 1.807) is 6.07 Å². The van der Waals surface area contributed by atoms with Gasteiger partial charge in [-0.25, -0.2) is 9.37 Å². The number of fused-ring (bicyclic) bond motifs is 2. The van der Waals surface area contributed by atoms with Crippen LogP contribution in [0.3, 0.4) is 0 Å². The van der Waals surface area contributed by atoms with Crippen molar-refractivity contribution in [3.05, 3.63) is 136 Å². The summed E-state index contributed by atoms with van der Waals surface area (Å²) in [4.78, 5) is 23.3. The van der Waals surface area contributed by atoms with Crippen LogP contribution in [-0.2, 0) is 0 Å². The number of aromatic nitrogens is 1. The first kappa shape index (κ1) is 32.6. The average molecular weight is 662 g/mol. The molecule has 3 aromatic carbocycles. The highest BCUT2D eigenvalue weighted by atomic mass is 16.4. The molecule has 0 bridgehead atoms. The summed E-state index contributed by atoms with van der Waals surface area (Å²) in [5, 5.41) is 12.3. The monoisotopic (exact) mass is 661 g/mol. The van der Waals surface area contributed by atoms with Crippen molar-refractivity contribution in [2.24, 2.45) is 4.99 Å². The molecule has 7 rings (SSSR count). The van der Waals surface area contributed by atoms with E-state index in [4.69, 9.17) is 9.41 Å². The quantitative estimate of drug-likeness (QED) is 0.138. The van der Waals surface area contributed by atoms with Crippen LogP contribution in [0.25, 0.3) is 50.1 Å². The number of nitrogens with one attached hydrogen (secondary N) is 1. The van der Waals surface area contributed by atoms with E-state index in [1.807, 2.05) is 93.1 Å². The smallest absolute Gasteiger partial charge is 0.336 e. The SMILES string of the molecule is CC1=CC(C)=N/C1=C(/c1ccc(-c2ccc(C(=O)O)c(-c3c4ccc(=[N+](C)C)cc-4oc4cc(N(C)C)ccc34)c2)cc1)c1[nH]c(C)cc1C. The number of aryl methyl sites for hydroxylation is 2. The number of allylic oxidation sites excluding steroid dienone is 2. The molecule has 3 aliphatic rings. The Morgan fingerprint density at radius 2 is 1.58 bits per heavy atom. The lowest BCUT2D eigenvalue weighted by atomic mass is 9.88. The Hall–Kier alpha value is -5.95. The van der Waals surface area contributed by atoms with Crippen LogP contribution in [0.4, 0.5) is 5.69 Å². The minimum atomic E-state index is -0.984. The molecule has 0 unspecified atom stereocenters. The third-order valence-electron chi connectivity index (χ3n) is 9.47. The highest BCUT2D eigenvalue weighted by Crippen LogP contribution is 2.43. The summed E-state index contributed by atoms with van der Waals surface area (Å²) in [5.41, 5.74) is 14.7. The summed E-state index contributed by atoms with van der Waals surface area (Å²) in [5.74, 6) is -0.298. The van der Waals surface area contributed by atoms with E-state index in [1.165, 1.54) is 5.56 Å². The highest BCUT2D eigenvalue weighted by Gasteiger charge is 2.24. The van der Waals surface area contributed by atoms with Crippen LogP contribution in [-0.4, -0.2) is 50.0 Å². The molecule has 0 fully saturated rings. The van der Waals surface area contributed by atoms with Gasteiger partial charge >= 0.3 is 5.97 Å². The predicted octanol–water partition coefficient (Wildman–Crippen LogP) is 8.79. The molecule has 0 spiro atoms. The fourth-order valence-electron chi connectivity index (χ4n) is 6.98. The van der Waals surface area contributed by atoms with Gasteiger partial charge in [0.25, 0.3) is 0 Å².